The predicted octanol–water partition coefficient (Wildman–Crippen LogP) is -0.0659. The molecule has 71 valence electrons. The molecule has 0 spiro atoms. The lowest BCUT2D eigenvalue weighted by Gasteiger charge is -2.20. The number of imide groups is 1. The first-order valence-corrected chi connectivity index (χ1v) is 4.31. The molecular weight excluding hydrogens is 169 g/mol. The summed E-state index contributed by atoms with van der Waals surface area (Å²) in [7, 11) is 0.558. The fourth-order valence-electron chi connectivity index (χ4n) is 1.83. The third-order valence-electron chi connectivity index (χ3n) is 2.70. The highest BCUT2D eigenvalue weighted by atomic mass is 16.2. The zero-order chi connectivity index (χ0) is 10.2. The smallest absolute Gasteiger partial charge is 0.434 e. The molecule has 1 rings (SSSR count). The van der Waals surface area contributed by atoms with E-state index in [1.54, 1.807) is 13.8 Å². The first kappa shape index (κ1) is 10.2. The zero-order valence-electron chi connectivity index (χ0n) is 8.07. The van der Waals surface area contributed by atoms with Gasteiger partial charge in [-0.25, -0.2) is 0 Å². The molecule has 1 N–H and O–H groups in total. The van der Waals surface area contributed by atoms with E-state index in [2.05, 4.69) is 0 Å². The molecule has 1 aliphatic rings. The van der Waals surface area contributed by atoms with Crippen LogP contribution in [0.5, 0.6) is 0 Å². The van der Waals surface area contributed by atoms with E-state index < -0.39 is 5.41 Å². The zero-order valence-corrected chi connectivity index (χ0v) is 8.07. The molecule has 0 bridgehead atoms. The van der Waals surface area contributed by atoms with E-state index >= 15 is 0 Å². The van der Waals surface area contributed by atoms with Crippen molar-refractivity contribution in [2.24, 2.45) is 11.3 Å². The molecule has 0 aliphatic carbocycles. The van der Waals surface area contributed by atoms with E-state index in [1.807, 2.05) is 6.92 Å². The van der Waals surface area contributed by atoms with Gasteiger partial charge in [0.25, 0.3) is 0 Å². The summed E-state index contributed by atoms with van der Waals surface area (Å²) in [6, 6.07) is 0. The minimum atomic E-state index is -0.689. The molecule has 13 heavy (non-hydrogen) atoms. The van der Waals surface area contributed by atoms with Crippen LogP contribution >= 0.6 is 0 Å². The van der Waals surface area contributed by atoms with Gasteiger partial charge in [0.15, 0.2) is 0 Å². The van der Waals surface area contributed by atoms with Crippen LogP contribution in [0.3, 0.4) is 0 Å². The molecule has 1 radical (unpaired) electrons. The summed E-state index contributed by atoms with van der Waals surface area (Å²) >= 11 is 0. The predicted molar refractivity (Wildman–Crippen MR) is 47.4 cm³/mol. The second-order valence-electron chi connectivity index (χ2n) is 3.81. The van der Waals surface area contributed by atoms with Crippen LogP contribution in [-0.2, 0) is 9.59 Å². The third-order valence-corrected chi connectivity index (χ3v) is 2.70. The summed E-state index contributed by atoms with van der Waals surface area (Å²) in [4.78, 5) is 23.9. The van der Waals surface area contributed by atoms with E-state index in [0.717, 1.165) is 4.81 Å². The van der Waals surface area contributed by atoms with Gasteiger partial charge < -0.3 is 9.83 Å². The van der Waals surface area contributed by atoms with Gasteiger partial charge in [0.05, 0.1) is 11.3 Å². The SMILES string of the molecule is CCC1C(=O)N([B]O)C(=O)C1(C)C. The summed E-state index contributed by atoms with van der Waals surface area (Å²) in [6.07, 6.45) is 0.613. The van der Waals surface area contributed by atoms with Crippen molar-refractivity contribution >= 4 is 19.4 Å². The fourth-order valence-corrected chi connectivity index (χ4v) is 1.83. The minimum absolute atomic E-state index is 0.306. The second-order valence-corrected chi connectivity index (χ2v) is 3.81. The van der Waals surface area contributed by atoms with E-state index in [4.69, 9.17) is 5.02 Å². The lowest BCUT2D eigenvalue weighted by atomic mass is 9.79. The van der Waals surface area contributed by atoms with Crippen molar-refractivity contribution in [1.82, 2.24) is 4.81 Å². The van der Waals surface area contributed by atoms with Crippen molar-refractivity contribution < 1.29 is 14.6 Å². The maximum atomic E-state index is 11.6. The molecule has 5 heteroatoms. The Morgan fingerprint density at radius 2 is 2.08 bits per heavy atom. The Labute approximate surface area is 78.2 Å². The molecule has 2 amide bonds. The van der Waals surface area contributed by atoms with Gasteiger partial charge in [0.1, 0.15) is 0 Å². The van der Waals surface area contributed by atoms with Crippen molar-refractivity contribution in [3.63, 3.8) is 0 Å². The standard InChI is InChI=1S/C8H13BNO3/c1-4-5-6(11)10(9-13)7(12)8(5,2)3/h5,13H,4H2,1-3H3. The van der Waals surface area contributed by atoms with E-state index in [9.17, 15) is 9.59 Å². The quantitative estimate of drug-likeness (QED) is 0.480. The normalized spacial score (nSPS) is 26.8. The second kappa shape index (κ2) is 3.14. The van der Waals surface area contributed by atoms with E-state index in [1.165, 1.54) is 0 Å². The number of rotatable bonds is 2. The largest absolute Gasteiger partial charge is 0.445 e. The third kappa shape index (κ3) is 1.27. The Kier molecular flexibility index (Phi) is 2.48. The highest BCUT2D eigenvalue weighted by molar-refractivity contribution is 6.37. The van der Waals surface area contributed by atoms with Gasteiger partial charge in [-0.2, -0.15) is 0 Å². The maximum Gasteiger partial charge on any atom is 0.445 e. The molecule has 0 saturated carbocycles. The van der Waals surface area contributed by atoms with Crippen molar-refractivity contribution in [1.29, 1.82) is 0 Å². The van der Waals surface area contributed by atoms with Gasteiger partial charge in [-0.05, 0) is 6.42 Å². The molecule has 0 aromatic carbocycles. The summed E-state index contributed by atoms with van der Waals surface area (Å²) in [6.45, 7) is 5.31. The number of hydrogen-bond donors (Lipinski definition) is 1. The van der Waals surface area contributed by atoms with Gasteiger partial charge in [-0.1, -0.05) is 20.8 Å². The van der Waals surface area contributed by atoms with Gasteiger partial charge in [0.2, 0.25) is 11.8 Å². The molecule has 0 aromatic heterocycles. The van der Waals surface area contributed by atoms with Crippen LogP contribution < -0.4 is 0 Å². The number of carbonyl (C=O) groups is 2. The molecule has 0 aromatic rings. The summed E-state index contributed by atoms with van der Waals surface area (Å²) < 4.78 is 0. The van der Waals surface area contributed by atoms with Crippen molar-refractivity contribution in [3.8, 4) is 0 Å². The molecule has 1 aliphatic heterocycles. The Hall–Kier alpha value is -0.835. The first-order chi connectivity index (χ1) is 5.96. The van der Waals surface area contributed by atoms with Crippen LogP contribution in [0, 0.1) is 11.3 Å². The van der Waals surface area contributed by atoms with Gasteiger partial charge in [-0.15, -0.1) is 0 Å². The molecule has 1 heterocycles. The van der Waals surface area contributed by atoms with E-state index in [-0.39, 0.29) is 17.7 Å². The molecule has 1 atom stereocenters. The van der Waals surface area contributed by atoms with Crippen molar-refractivity contribution in [3.05, 3.63) is 0 Å². The summed E-state index contributed by atoms with van der Waals surface area (Å²) in [5.41, 5.74) is -0.689. The monoisotopic (exact) mass is 182 g/mol. The Morgan fingerprint density at radius 3 is 2.31 bits per heavy atom. The summed E-state index contributed by atoms with van der Waals surface area (Å²) in [5, 5.41) is 8.71. The van der Waals surface area contributed by atoms with Gasteiger partial charge >= 0.3 is 7.62 Å². The lowest BCUT2D eigenvalue weighted by Crippen LogP contribution is -2.36. The average Bonchev–Trinajstić information content (AvgIpc) is 2.20. The fraction of sp³-hybridized carbons (Fsp3) is 0.750. The molecule has 1 unspecified atom stereocenters. The number of hydrogen-bond acceptors (Lipinski definition) is 3. The Bertz CT molecular complexity index is 252. The summed E-state index contributed by atoms with van der Waals surface area (Å²) in [5.74, 6) is -0.949. The van der Waals surface area contributed by atoms with Gasteiger partial charge in [-0.3, -0.25) is 9.59 Å². The Morgan fingerprint density at radius 1 is 1.54 bits per heavy atom. The van der Waals surface area contributed by atoms with Gasteiger partial charge in [0, 0.05) is 0 Å². The molecule has 4 nitrogen and oxygen atoms in total. The van der Waals surface area contributed by atoms with Crippen LogP contribution in [0.25, 0.3) is 0 Å². The van der Waals surface area contributed by atoms with Crippen LogP contribution in [0.2, 0.25) is 0 Å². The number of nitrogens with zero attached hydrogens (tertiary/aromatic N) is 1. The number of carbonyl (C=O) groups excluding carboxylic acids is 2. The maximum absolute atomic E-state index is 11.6. The van der Waals surface area contributed by atoms with Crippen LogP contribution in [-0.4, -0.2) is 29.3 Å². The van der Waals surface area contributed by atoms with Crippen LogP contribution in [0.15, 0.2) is 0 Å². The number of amides is 2. The first-order valence-electron chi connectivity index (χ1n) is 4.31. The Balaban J connectivity index is 3.03. The average molecular weight is 182 g/mol. The lowest BCUT2D eigenvalue weighted by molar-refractivity contribution is -0.135. The van der Waals surface area contributed by atoms with Crippen LogP contribution in [0.1, 0.15) is 27.2 Å². The highest BCUT2D eigenvalue weighted by Crippen LogP contribution is 2.38. The molecule has 1 fully saturated rings. The van der Waals surface area contributed by atoms with Crippen molar-refractivity contribution in [2.45, 2.75) is 27.2 Å². The van der Waals surface area contributed by atoms with Crippen molar-refractivity contribution in [2.75, 3.05) is 0 Å². The van der Waals surface area contributed by atoms with E-state index in [0.29, 0.717) is 14.0 Å². The molecular formula is C8H13BNO3. The highest BCUT2D eigenvalue weighted by Gasteiger charge is 2.52. The minimum Gasteiger partial charge on any atom is -0.434 e. The topological polar surface area (TPSA) is 57.6 Å². The van der Waals surface area contributed by atoms with Crippen LogP contribution in [0.4, 0.5) is 0 Å². The molecule has 1 saturated heterocycles.